The van der Waals surface area contributed by atoms with Crippen LogP contribution < -0.4 is 15.4 Å². The molecule has 8 heteroatoms. The second kappa shape index (κ2) is 11.9. The summed E-state index contributed by atoms with van der Waals surface area (Å²) < 4.78 is 5.61. The van der Waals surface area contributed by atoms with Crippen LogP contribution in [-0.2, 0) is 9.59 Å². The number of amides is 2. The Labute approximate surface area is 192 Å². The summed E-state index contributed by atoms with van der Waals surface area (Å²) in [6, 6.07) is 14.8. The summed E-state index contributed by atoms with van der Waals surface area (Å²) in [5.41, 5.74) is 0.802. The number of piperidine rings is 1. The highest BCUT2D eigenvalue weighted by Gasteiger charge is 2.22. The normalized spacial score (nSPS) is 14.8. The Bertz CT molecular complexity index is 872. The lowest BCUT2D eigenvalue weighted by atomic mass is 10.0. The third-order valence-corrected chi connectivity index (χ3v) is 5.90. The summed E-state index contributed by atoms with van der Waals surface area (Å²) in [6.07, 6.45) is 2.64. The highest BCUT2D eigenvalue weighted by molar-refractivity contribution is 6.42. The zero-order chi connectivity index (χ0) is 22.1. The summed E-state index contributed by atoms with van der Waals surface area (Å²) in [4.78, 5) is 26.5. The topological polar surface area (TPSA) is 70.7 Å². The third kappa shape index (κ3) is 7.73. The van der Waals surface area contributed by atoms with Gasteiger partial charge in [-0.2, -0.15) is 0 Å². The van der Waals surface area contributed by atoms with Crippen LogP contribution in [0.25, 0.3) is 0 Å². The van der Waals surface area contributed by atoms with E-state index in [0.717, 1.165) is 31.6 Å². The lowest BCUT2D eigenvalue weighted by molar-refractivity contribution is -0.123. The average Bonchev–Trinajstić information content (AvgIpc) is 2.76. The Balaban J connectivity index is 1.29. The molecular formula is C23H27Cl2N3O3. The molecule has 0 radical (unpaired) electrons. The zero-order valence-corrected chi connectivity index (χ0v) is 18.8. The number of carbonyl (C=O) groups is 2. The van der Waals surface area contributed by atoms with E-state index in [1.54, 1.807) is 18.2 Å². The summed E-state index contributed by atoms with van der Waals surface area (Å²) >= 11 is 12.0. The van der Waals surface area contributed by atoms with Crippen molar-refractivity contribution < 1.29 is 14.3 Å². The molecular weight excluding hydrogens is 437 g/mol. The number of ether oxygens (including phenoxy) is 1. The first kappa shape index (κ1) is 23.4. The van der Waals surface area contributed by atoms with Crippen molar-refractivity contribution in [2.24, 2.45) is 0 Å². The number of anilines is 1. The first-order valence-corrected chi connectivity index (χ1v) is 11.2. The SMILES string of the molecule is O=C(CN1CCC(NC(=O)CCCOc2cccc(Cl)c2Cl)CC1)Nc1ccccc1. The molecule has 31 heavy (non-hydrogen) atoms. The first-order chi connectivity index (χ1) is 15.0. The molecule has 1 fully saturated rings. The summed E-state index contributed by atoms with van der Waals surface area (Å²) in [7, 11) is 0. The molecule has 3 rings (SSSR count). The summed E-state index contributed by atoms with van der Waals surface area (Å²) in [5, 5.41) is 6.82. The van der Waals surface area contributed by atoms with Crippen LogP contribution >= 0.6 is 23.2 Å². The van der Waals surface area contributed by atoms with Crippen LogP contribution in [0.3, 0.4) is 0 Å². The Morgan fingerprint density at radius 1 is 1.00 bits per heavy atom. The van der Waals surface area contributed by atoms with E-state index in [1.165, 1.54) is 0 Å². The Morgan fingerprint density at radius 2 is 1.74 bits per heavy atom. The Hall–Kier alpha value is -2.28. The second-order valence-corrected chi connectivity index (χ2v) is 8.32. The van der Waals surface area contributed by atoms with Crippen molar-refractivity contribution in [1.29, 1.82) is 0 Å². The minimum Gasteiger partial charge on any atom is -0.492 e. The van der Waals surface area contributed by atoms with E-state index in [2.05, 4.69) is 15.5 Å². The van der Waals surface area contributed by atoms with Gasteiger partial charge in [-0.25, -0.2) is 0 Å². The number of hydrogen-bond acceptors (Lipinski definition) is 4. The predicted molar refractivity (Wildman–Crippen MR) is 124 cm³/mol. The standard InChI is InChI=1S/C23H27Cl2N3O3/c24-19-8-4-9-20(23(19)25)31-15-5-10-21(29)26-18-11-13-28(14-12-18)16-22(30)27-17-6-2-1-3-7-17/h1-4,6-9,18H,5,10-16H2,(H,26,29)(H,27,30). The third-order valence-electron chi connectivity index (χ3n) is 5.10. The minimum atomic E-state index is -0.0199. The Morgan fingerprint density at radius 3 is 2.48 bits per heavy atom. The molecule has 0 atom stereocenters. The van der Waals surface area contributed by atoms with Crippen LogP contribution in [0.4, 0.5) is 5.69 Å². The summed E-state index contributed by atoms with van der Waals surface area (Å²) in [5.74, 6) is 0.521. The molecule has 0 spiro atoms. The van der Waals surface area contributed by atoms with Gasteiger partial charge in [0.05, 0.1) is 18.2 Å². The van der Waals surface area contributed by atoms with E-state index in [0.29, 0.717) is 41.8 Å². The molecule has 2 aromatic rings. The number of benzene rings is 2. The number of carbonyl (C=O) groups excluding carboxylic acids is 2. The minimum absolute atomic E-state index is 0.0149. The van der Waals surface area contributed by atoms with Crippen LogP contribution in [0.5, 0.6) is 5.75 Å². The highest BCUT2D eigenvalue weighted by Crippen LogP contribution is 2.31. The molecule has 1 aliphatic rings. The first-order valence-electron chi connectivity index (χ1n) is 10.4. The van der Waals surface area contributed by atoms with Gasteiger partial charge in [-0.3, -0.25) is 14.5 Å². The maximum Gasteiger partial charge on any atom is 0.238 e. The molecule has 0 aliphatic carbocycles. The van der Waals surface area contributed by atoms with Crippen molar-refractivity contribution in [3.8, 4) is 5.75 Å². The van der Waals surface area contributed by atoms with Gasteiger partial charge < -0.3 is 15.4 Å². The van der Waals surface area contributed by atoms with E-state index in [9.17, 15) is 9.59 Å². The fraction of sp³-hybridized carbons (Fsp3) is 0.391. The van der Waals surface area contributed by atoms with Crippen molar-refractivity contribution in [3.63, 3.8) is 0 Å². The smallest absolute Gasteiger partial charge is 0.238 e. The maximum atomic E-state index is 12.2. The molecule has 0 aromatic heterocycles. The van der Waals surface area contributed by atoms with Crippen molar-refractivity contribution in [2.75, 3.05) is 31.6 Å². The maximum absolute atomic E-state index is 12.2. The molecule has 2 amide bonds. The van der Waals surface area contributed by atoms with Gasteiger partial charge in [-0.15, -0.1) is 0 Å². The van der Waals surface area contributed by atoms with Gasteiger partial charge in [0.1, 0.15) is 10.8 Å². The highest BCUT2D eigenvalue weighted by atomic mass is 35.5. The predicted octanol–water partition coefficient (Wildman–Crippen LogP) is 4.37. The van der Waals surface area contributed by atoms with E-state index in [-0.39, 0.29) is 17.9 Å². The van der Waals surface area contributed by atoms with E-state index in [4.69, 9.17) is 27.9 Å². The molecule has 166 valence electrons. The number of nitrogens with one attached hydrogen (secondary N) is 2. The molecule has 0 unspecified atom stereocenters. The van der Waals surface area contributed by atoms with E-state index < -0.39 is 0 Å². The number of para-hydroxylation sites is 1. The van der Waals surface area contributed by atoms with Gasteiger partial charge in [0.2, 0.25) is 11.8 Å². The van der Waals surface area contributed by atoms with E-state index in [1.807, 2.05) is 30.3 Å². The molecule has 1 heterocycles. The fourth-order valence-corrected chi connectivity index (χ4v) is 3.82. The quantitative estimate of drug-likeness (QED) is 0.541. The monoisotopic (exact) mass is 463 g/mol. The molecule has 0 saturated carbocycles. The van der Waals surface area contributed by atoms with Crippen molar-refractivity contribution in [2.45, 2.75) is 31.7 Å². The van der Waals surface area contributed by atoms with Crippen LogP contribution in [0.15, 0.2) is 48.5 Å². The van der Waals surface area contributed by atoms with Crippen molar-refractivity contribution in [1.82, 2.24) is 10.2 Å². The molecule has 1 aliphatic heterocycles. The molecule has 1 saturated heterocycles. The number of nitrogens with zero attached hydrogens (tertiary/aromatic N) is 1. The lowest BCUT2D eigenvalue weighted by Crippen LogP contribution is -2.46. The Kier molecular flexibility index (Phi) is 9.00. The number of likely N-dealkylation sites (tertiary alicyclic amines) is 1. The number of rotatable bonds is 9. The fourth-order valence-electron chi connectivity index (χ4n) is 3.47. The molecule has 2 aromatic carbocycles. The van der Waals surface area contributed by atoms with Gasteiger partial charge in [0, 0.05) is 31.2 Å². The molecule has 6 nitrogen and oxygen atoms in total. The van der Waals surface area contributed by atoms with Crippen LogP contribution in [0.2, 0.25) is 10.0 Å². The number of hydrogen-bond donors (Lipinski definition) is 2. The van der Waals surface area contributed by atoms with Gasteiger partial charge in [-0.1, -0.05) is 47.5 Å². The van der Waals surface area contributed by atoms with Crippen molar-refractivity contribution >= 4 is 40.7 Å². The zero-order valence-electron chi connectivity index (χ0n) is 17.3. The molecule has 2 N–H and O–H groups in total. The molecule has 0 bridgehead atoms. The van der Waals surface area contributed by atoms with Crippen molar-refractivity contribution in [3.05, 3.63) is 58.6 Å². The number of halogens is 2. The van der Waals surface area contributed by atoms with Crippen LogP contribution in [0, 0.1) is 0 Å². The van der Waals surface area contributed by atoms with Gasteiger partial charge >= 0.3 is 0 Å². The van der Waals surface area contributed by atoms with Crippen LogP contribution in [-0.4, -0.2) is 49.0 Å². The second-order valence-electron chi connectivity index (χ2n) is 7.54. The van der Waals surface area contributed by atoms with Crippen LogP contribution in [0.1, 0.15) is 25.7 Å². The summed E-state index contributed by atoms with van der Waals surface area (Å²) in [6.45, 7) is 2.31. The largest absolute Gasteiger partial charge is 0.492 e. The van der Waals surface area contributed by atoms with Gasteiger partial charge in [0.25, 0.3) is 0 Å². The average molecular weight is 464 g/mol. The van der Waals surface area contributed by atoms with E-state index >= 15 is 0 Å². The van der Waals surface area contributed by atoms with Gasteiger partial charge in [0.15, 0.2) is 0 Å². The van der Waals surface area contributed by atoms with Gasteiger partial charge in [-0.05, 0) is 43.5 Å². The lowest BCUT2D eigenvalue weighted by Gasteiger charge is -2.31.